The minimum Gasteiger partial charge on any atom is -0.493 e. The average Bonchev–Trinajstić information content (AvgIpc) is 2.37. The molecule has 0 amide bonds. The molecule has 18 heavy (non-hydrogen) atoms. The summed E-state index contributed by atoms with van der Waals surface area (Å²) in [5.74, 6) is 1.57. The van der Waals surface area contributed by atoms with Crippen molar-refractivity contribution in [2.75, 3.05) is 26.1 Å². The zero-order valence-corrected chi connectivity index (χ0v) is 13.2. The Morgan fingerprint density at radius 2 is 1.83 bits per heavy atom. The minimum absolute atomic E-state index is 0.524. The van der Waals surface area contributed by atoms with Gasteiger partial charge in [-0.3, -0.25) is 4.90 Å². The fourth-order valence-electron chi connectivity index (χ4n) is 1.84. The summed E-state index contributed by atoms with van der Waals surface area (Å²) in [5.41, 5.74) is 1.24. The van der Waals surface area contributed by atoms with E-state index < -0.39 is 0 Å². The summed E-state index contributed by atoms with van der Waals surface area (Å²) >= 11 is 3.50. The summed E-state index contributed by atoms with van der Waals surface area (Å²) in [5, 5.41) is 0.985. The van der Waals surface area contributed by atoms with Crippen LogP contribution in [0, 0.1) is 0 Å². The molecular formula is C14H22BrNO2. The van der Waals surface area contributed by atoms with E-state index in [9.17, 15) is 0 Å². The predicted octanol–water partition coefficient (Wildman–Crippen LogP) is 3.31. The number of benzene rings is 1. The lowest BCUT2D eigenvalue weighted by Gasteiger charge is -2.26. The van der Waals surface area contributed by atoms with Crippen molar-refractivity contribution in [2.24, 2.45) is 0 Å². The van der Waals surface area contributed by atoms with Crippen LogP contribution >= 0.6 is 15.9 Å². The molecule has 1 aromatic carbocycles. The summed E-state index contributed by atoms with van der Waals surface area (Å²) in [7, 11) is 3.32. The molecule has 102 valence electrons. The van der Waals surface area contributed by atoms with E-state index in [0.717, 1.165) is 29.9 Å². The predicted molar refractivity (Wildman–Crippen MR) is 78.9 cm³/mol. The number of methoxy groups -OCH3 is 2. The van der Waals surface area contributed by atoms with E-state index in [-0.39, 0.29) is 0 Å². The first-order valence-electron chi connectivity index (χ1n) is 6.13. The molecule has 0 heterocycles. The lowest BCUT2D eigenvalue weighted by Crippen LogP contribution is -2.31. The molecule has 0 aliphatic heterocycles. The maximum absolute atomic E-state index is 5.33. The lowest BCUT2D eigenvalue weighted by molar-refractivity contribution is 0.227. The van der Waals surface area contributed by atoms with Crippen LogP contribution in [0.15, 0.2) is 18.2 Å². The number of hydrogen-bond donors (Lipinski definition) is 0. The third-order valence-electron chi connectivity index (χ3n) is 2.94. The van der Waals surface area contributed by atoms with Crippen molar-refractivity contribution in [3.05, 3.63) is 23.8 Å². The van der Waals surface area contributed by atoms with Crippen molar-refractivity contribution in [3.63, 3.8) is 0 Å². The second-order valence-electron chi connectivity index (χ2n) is 4.44. The van der Waals surface area contributed by atoms with Crippen molar-refractivity contribution in [1.29, 1.82) is 0 Å². The zero-order chi connectivity index (χ0) is 13.5. The van der Waals surface area contributed by atoms with Gasteiger partial charge in [-0.1, -0.05) is 22.0 Å². The second kappa shape index (κ2) is 7.64. The van der Waals surface area contributed by atoms with Crippen molar-refractivity contribution in [3.8, 4) is 11.5 Å². The van der Waals surface area contributed by atoms with Crippen LogP contribution in [-0.4, -0.2) is 37.0 Å². The number of halogens is 1. The van der Waals surface area contributed by atoms with Crippen LogP contribution in [0.4, 0.5) is 0 Å². The maximum atomic E-state index is 5.33. The van der Waals surface area contributed by atoms with Gasteiger partial charge in [-0.25, -0.2) is 0 Å². The first-order valence-corrected chi connectivity index (χ1v) is 7.25. The van der Waals surface area contributed by atoms with Crippen LogP contribution in [-0.2, 0) is 6.54 Å². The number of rotatable bonds is 7. The smallest absolute Gasteiger partial charge is 0.161 e. The standard InChI is InChI=1S/C14H22BrNO2/c1-11(2)16(8-7-15)10-12-5-6-13(17-3)14(9-12)18-4/h5-6,9,11H,7-8,10H2,1-4H3. The van der Waals surface area contributed by atoms with Gasteiger partial charge in [0.1, 0.15) is 0 Å². The summed E-state index contributed by atoms with van der Waals surface area (Å²) in [6.45, 7) is 6.38. The molecule has 0 radical (unpaired) electrons. The molecule has 0 fully saturated rings. The molecule has 0 aliphatic carbocycles. The van der Waals surface area contributed by atoms with Crippen LogP contribution in [0.25, 0.3) is 0 Å². The van der Waals surface area contributed by atoms with Gasteiger partial charge in [0.05, 0.1) is 14.2 Å². The highest BCUT2D eigenvalue weighted by Crippen LogP contribution is 2.28. The van der Waals surface area contributed by atoms with Crippen LogP contribution in [0.1, 0.15) is 19.4 Å². The van der Waals surface area contributed by atoms with Gasteiger partial charge >= 0.3 is 0 Å². The topological polar surface area (TPSA) is 21.7 Å². The highest BCUT2D eigenvalue weighted by atomic mass is 79.9. The average molecular weight is 316 g/mol. The van der Waals surface area contributed by atoms with Gasteiger partial charge in [0.15, 0.2) is 11.5 Å². The van der Waals surface area contributed by atoms with Gasteiger partial charge < -0.3 is 9.47 Å². The number of ether oxygens (including phenoxy) is 2. The van der Waals surface area contributed by atoms with Gasteiger partial charge in [-0.2, -0.15) is 0 Å². The van der Waals surface area contributed by atoms with Crippen molar-refractivity contribution in [2.45, 2.75) is 26.4 Å². The number of alkyl halides is 1. The molecule has 0 spiro atoms. The van der Waals surface area contributed by atoms with E-state index in [4.69, 9.17) is 9.47 Å². The summed E-state index contributed by atoms with van der Waals surface area (Å²) in [6, 6.07) is 6.62. The molecule has 3 nitrogen and oxygen atoms in total. The highest BCUT2D eigenvalue weighted by Gasteiger charge is 2.11. The second-order valence-corrected chi connectivity index (χ2v) is 5.24. The zero-order valence-electron chi connectivity index (χ0n) is 11.6. The van der Waals surface area contributed by atoms with E-state index >= 15 is 0 Å². The molecule has 0 aliphatic rings. The molecule has 0 unspecified atom stereocenters. The van der Waals surface area contributed by atoms with Gasteiger partial charge in [0, 0.05) is 24.5 Å². The summed E-state index contributed by atoms with van der Waals surface area (Å²) < 4.78 is 10.6. The maximum Gasteiger partial charge on any atom is 0.161 e. The Morgan fingerprint density at radius 1 is 1.17 bits per heavy atom. The number of nitrogens with zero attached hydrogens (tertiary/aromatic N) is 1. The summed E-state index contributed by atoms with van der Waals surface area (Å²) in [4.78, 5) is 2.41. The normalized spacial score (nSPS) is 11.1. The lowest BCUT2D eigenvalue weighted by atomic mass is 10.1. The Morgan fingerprint density at radius 3 is 2.33 bits per heavy atom. The third kappa shape index (κ3) is 4.18. The molecule has 0 saturated carbocycles. The fraction of sp³-hybridized carbons (Fsp3) is 0.571. The monoisotopic (exact) mass is 315 g/mol. The largest absolute Gasteiger partial charge is 0.493 e. The van der Waals surface area contributed by atoms with Gasteiger partial charge in [0.2, 0.25) is 0 Å². The van der Waals surface area contributed by atoms with Gasteiger partial charge in [-0.05, 0) is 31.5 Å². The highest BCUT2D eigenvalue weighted by molar-refractivity contribution is 9.09. The minimum atomic E-state index is 0.524. The SMILES string of the molecule is COc1ccc(CN(CCBr)C(C)C)cc1OC. The van der Waals surface area contributed by atoms with E-state index in [0.29, 0.717) is 6.04 Å². The van der Waals surface area contributed by atoms with E-state index in [1.807, 2.05) is 12.1 Å². The van der Waals surface area contributed by atoms with Crippen LogP contribution < -0.4 is 9.47 Å². The molecule has 0 atom stereocenters. The molecule has 0 bridgehead atoms. The van der Waals surface area contributed by atoms with Crippen molar-refractivity contribution in [1.82, 2.24) is 4.90 Å². The number of hydrogen-bond acceptors (Lipinski definition) is 3. The van der Waals surface area contributed by atoms with Crippen molar-refractivity contribution < 1.29 is 9.47 Å². The Kier molecular flexibility index (Phi) is 6.50. The summed E-state index contributed by atoms with van der Waals surface area (Å²) in [6.07, 6.45) is 0. The molecular weight excluding hydrogens is 294 g/mol. The Balaban J connectivity index is 2.83. The fourth-order valence-corrected chi connectivity index (χ4v) is 2.30. The van der Waals surface area contributed by atoms with E-state index in [1.165, 1.54) is 5.56 Å². The Labute approximate surface area is 118 Å². The molecule has 0 N–H and O–H groups in total. The first kappa shape index (κ1) is 15.3. The van der Waals surface area contributed by atoms with Crippen LogP contribution in [0.5, 0.6) is 11.5 Å². The first-order chi connectivity index (χ1) is 8.62. The van der Waals surface area contributed by atoms with E-state index in [2.05, 4.69) is 40.7 Å². The molecule has 1 rings (SSSR count). The Bertz CT molecular complexity index is 369. The molecule has 1 aromatic rings. The molecule has 4 heteroatoms. The molecule has 0 aromatic heterocycles. The quantitative estimate of drug-likeness (QED) is 0.721. The van der Waals surface area contributed by atoms with E-state index in [1.54, 1.807) is 14.2 Å². The van der Waals surface area contributed by atoms with Crippen LogP contribution in [0.3, 0.4) is 0 Å². The van der Waals surface area contributed by atoms with Gasteiger partial charge in [0.25, 0.3) is 0 Å². The Hall–Kier alpha value is -0.740. The van der Waals surface area contributed by atoms with Crippen LogP contribution in [0.2, 0.25) is 0 Å². The van der Waals surface area contributed by atoms with Crippen molar-refractivity contribution >= 4 is 15.9 Å². The van der Waals surface area contributed by atoms with Gasteiger partial charge in [-0.15, -0.1) is 0 Å². The molecule has 0 saturated heterocycles. The third-order valence-corrected chi connectivity index (χ3v) is 3.29.